The second-order valence-electron chi connectivity index (χ2n) is 20.2. The fraction of sp³-hybridized carbons (Fsp3) is 0.472. The number of methoxy groups -OCH3 is 1. The number of benzene rings is 3. The van der Waals surface area contributed by atoms with Crippen LogP contribution in [0.5, 0.6) is 11.6 Å². The second kappa shape index (κ2) is 21.6. The first kappa shape index (κ1) is 50.7. The third kappa shape index (κ3) is 11.3. The lowest BCUT2D eigenvalue weighted by molar-refractivity contribution is -0.386. The first-order valence-electron chi connectivity index (χ1n) is 25.0. The van der Waals surface area contributed by atoms with E-state index in [0.717, 1.165) is 48.4 Å². The van der Waals surface area contributed by atoms with Crippen LogP contribution in [0.25, 0.3) is 16.6 Å². The van der Waals surface area contributed by atoms with Crippen LogP contribution in [0.15, 0.2) is 89.5 Å². The van der Waals surface area contributed by atoms with Crippen LogP contribution < -0.4 is 24.0 Å². The number of anilines is 3. The molecule has 18 nitrogen and oxygen atoms in total. The van der Waals surface area contributed by atoms with Gasteiger partial charge in [0.15, 0.2) is 5.75 Å². The highest BCUT2D eigenvalue weighted by molar-refractivity contribution is 7.90. The summed E-state index contributed by atoms with van der Waals surface area (Å²) in [5.41, 5.74) is 5.81. The molecule has 0 unspecified atom stereocenters. The molecule has 6 heterocycles. The van der Waals surface area contributed by atoms with E-state index in [0.29, 0.717) is 107 Å². The molecule has 388 valence electrons. The minimum atomic E-state index is -4.66. The van der Waals surface area contributed by atoms with Crippen molar-refractivity contribution in [3.8, 4) is 11.6 Å². The summed E-state index contributed by atoms with van der Waals surface area (Å²) >= 11 is 6.38. The average molecular weight is 1040 g/mol. The number of allylic oxidation sites excluding steroid dienone is 1. The Morgan fingerprint density at radius 3 is 2.62 bits per heavy atom. The van der Waals surface area contributed by atoms with Gasteiger partial charge >= 0.3 is 5.69 Å². The summed E-state index contributed by atoms with van der Waals surface area (Å²) in [4.78, 5) is 40.4. The number of hydrogen-bond acceptors (Lipinski definition) is 15. The van der Waals surface area contributed by atoms with Crippen molar-refractivity contribution in [2.75, 3.05) is 89.3 Å². The molecule has 0 spiro atoms. The van der Waals surface area contributed by atoms with Gasteiger partial charge in [-0.15, -0.1) is 0 Å². The standard InChI is InChI=1S/C53H62ClN7O11S/c1-53(2)27-43(34-6-8-36(54)9-7-34)44-30-59-20-19-58(29-38(59)31-68-21-5-23-69-49(44)28-53)37-10-14-42(45(25-37)60-18-4-22-70-52-47(60)24-35-16-17-55-50(35)56-52)51(62)57-73(65,66)41-13-15-48(46(26-41)61(63)64)72-33-40-12-11-39(67-3)32-71-40/h6-10,13-17,24-26,38-40,49H,4-5,11-12,18-23,27-33H2,1-3H3,(H,55,56)(H,57,62)/t38-,39-,40+,49+/m0/s1. The molecule has 0 radical (unpaired) electrons. The number of nitrogens with one attached hydrogen (secondary N) is 2. The van der Waals surface area contributed by atoms with Gasteiger partial charge in [0.2, 0.25) is 5.88 Å². The van der Waals surface area contributed by atoms with Gasteiger partial charge in [-0.1, -0.05) is 37.6 Å². The number of sulfonamides is 1. The molecule has 5 aromatic rings. The van der Waals surface area contributed by atoms with Crippen molar-refractivity contribution in [1.82, 2.24) is 19.6 Å². The van der Waals surface area contributed by atoms with Crippen molar-refractivity contribution in [1.29, 1.82) is 0 Å². The Balaban J connectivity index is 0.955. The van der Waals surface area contributed by atoms with Gasteiger partial charge in [-0.05, 0) is 115 Å². The zero-order valence-corrected chi connectivity index (χ0v) is 42.9. The van der Waals surface area contributed by atoms with Crippen LogP contribution in [0.4, 0.5) is 22.7 Å². The number of piperazine rings is 1. The quantitative estimate of drug-likeness (QED) is 0.0945. The lowest BCUT2D eigenvalue weighted by Gasteiger charge is -2.45. The molecular formula is C53H62ClN7O11S. The number of amides is 1. The lowest BCUT2D eigenvalue weighted by atomic mass is 9.71. The van der Waals surface area contributed by atoms with Crippen molar-refractivity contribution < 1.29 is 46.6 Å². The van der Waals surface area contributed by atoms with Gasteiger partial charge in [-0.3, -0.25) is 19.8 Å². The van der Waals surface area contributed by atoms with Crippen molar-refractivity contribution in [2.45, 2.75) is 81.6 Å². The molecule has 0 bridgehead atoms. The van der Waals surface area contributed by atoms with E-state index in [1.807, 2.05) is 41.3 Å². The average Bonchev–Trinajstić information content (AvgIpc) is 3.73. The Hall–Kier alpha value is -5.80. The molecule has 1 aliphatic carbocycles. The number of carbonyl (C=O) groups is 1. The summed E-state index contributed by atoms with van der Waals surface area (Å²) in [5, 5.41) is 13.8. The molecule has 4 atom stereocenters. The molecule has 3 saturated heterocycles. The third-order valence-electron chi connectivity index (χ3n) is 14.6. The van der Waals surface area contributed by atoms with Crippen molar-refractivity contribution in [3.05, 3.63) is 111 Å². The van der Waals surface area contributed by atoms with E-state index in [1.54, 1.807) is 19.4 Å². The molecule has 73 heavy (non-hydrogen) atoms. The fourth-order valence-electron chi connectivity index (χ4n) is 10.7. The van der Waals surface area contributed by atoms with Crippen LogP contribution in [-0.2, 0) is 29.0 Å². The van der Waals surface area contributed by atoms with E-state index in [2.05, 4.69) is 45.5 Å². The Bertz CT molecular complexity index is 2980. The summed E-state index contributed by atoms with van der Waals surface area (Å²) in [6, 6.07) is 20.7. The maximum Gasteiger partial charge on any atom is 0.312 e. The van der Waals surface area contributed by atoms with Crippen LogP contribution in [-0.4, -0.2) is 138 Å². The number of rotatable bonds is 11. The van der Waals surface area contributed by atoms with E-state index in [-0.39, 0.29) is 47.7 Å². The summed E-state index contributed by atoms with van der Waals surface area (Å²) in [6.45, 7) is 10.2. The molecule has 2 aromatic heterocycles. The highest BCUT2D eigenvalue weighted by atomic mass is 35.5. The van der Waals surface area contributed by atoms with Crippen LogP contribution in [0, 0.1) is 15.5 Å². The Labute approximate surface area is 430 Å². The summed E-state index contributed by atoms with van der Waals surface area (Å²) in [7, 11) is -3.05. The lowest BCUT2D eigenvalue weighted by Crippen LogP contribution is -2.56. The number of carbonyl (C=O) groups excluding carboxylic acids is 1. The molecule has 0 saturated carbocycles. The maximum atomic E-state index is 14.6. The summed E-state index contributed by atoms with van der Waals surface area (Å²) in [6.07, 6.45) is 5.94. The third-order valence-corrected chi connectivity index (χ3v) is 16.2. The van der Waals surface area contributed by atoms with E-state index in [4.69, 9.17) is 45.0 Å². The number of aromatic amines is 1. The number of halogens is 1. The Morgan fingerprint density at radius 1 is 0.973 bits per heavy atom. The molecule has 20 heteroatoms. The number of ether oxygens (including phenoxy) is 6. The molecule has 10 rings (SSSR count). The first-order chi connectivity index (χ1) is 35.2. The smallest absolute Gasteiger partial charge is 0.312 e. The predicted octanol–water partition coefficient (Wildman–Crippen LogP) is 8.31. The number of H-pyrrole nitrogens is 1. The highest BCUT2D eigenvalue weighted by Crippen LogP contribution is 2.46. The zero-order valence-electron chi connectivity index (χ0n) is 41.3. The monoisotopic (exact) mass is 1040 g/mol. The number of hydrogen-bond donors (Lipinski definition) is 2. The van der Waals surface area contributed by atoms with Gasteiger partial charge in [0.05, 0.1) is 65.2 Å². The van der Waals surface area contributed by atoms with E-state index < -0.39 is 31.4 Å². The summed E-state index contributed by atoms with van der Waals surface area (Å²) < 4.78 is 66.6. The Morgan fingerprint density at radius 2 is 1.82 bits per heavy atom. The predicted molar refractivity (Wildman–Crippen MR) is 277 cm³/mol. The SMILES string of the molecule is CO[C@H]1CC[C@H](COc2ccc(S(=O)(=O)NC(=O)c3ccc(N4CCN5CC6=C(c7ccc(Cl)cc7)CC(C)(C)C[C@H]6OCCCOC[C@@H]5C4)cc3N3CCCOc4nc5[nH]ccc5cc43)cc2[N+](=O)[O-])OC1. The number of nitro benzene ring substituents is 1. The number of pyridine rings is 1. The van der Waals surface area contributed by atoms with Crippen LogP contribution in [0.1, 0.15) is 68.3 Å². The van der Waals surface area contributed by atoms with Crippen LogP contribution in [0.3, 0.4) is 0 Å². The number of aromatic nitrogens is 2. The topological polar surface area (TPSA) is 200 Å². The van der Waals surface area contributed by atoms with Gasteiger partial charge < -0.3 is 43.2 Å². The molecular weight excluding hydrogens is 978 g/mol. The van der Waals surface area contributed by atoms with Crippen molar-refractivity contribution in [3.63, 3.8) is 0 Å². The fourth-order valence-corrected chi connectivity index (χ4v) is 11.8. The molecule has 2 N–H and O–H groups in total. The highest BCUT2D eigenvalue weighted by Gasteiger charge is 2.39. The van der Waals surface area contributed by atoms with E-state index >= 15 is 0 Å². The second-order valence-corrected chi connectivity index (χ2v) is 22.3. The van der Waals surface area contributed by atoms with E-state index in [1.165, 1.54) is 23.3 Å². The number of nitro groups is 1. The van der Waals surface area contributed by atoms with Crippen molar-refractivity contribution >= 4 is 66.9 Å². The van der Waals surface area contributed by atoms with Crippen LogP contribution >= 0.6 is 11.6 Å². The number of nitrogens with zero attached hydrogens (tertiary/aromatic N) is 5. The largest absolute Gasteiger partial charge is 0.484 e. The van der Waals surface area contributed by atoms with Gasteiger partial charge in [0.1, 0.15) is 17.9 Å². The van der Waals surface area contributed by atoms with Crippen LogP contribution in [0.2, 0.25) is 5.02 Å². The zero-order chi connectivity index (χ0) is 50.9. The number of fused-ring (bicyclic) bond motifs is 4. The van der Waals surface area contributed by atoms with E-state index in [9.17, 15) is 23.3 Å². The first-order valence-corrected chi connectivity index (χ1v) is 26.9. The molecule has 5 aliphatic rings. The maximum absolute atomic E-state index is 14.6. The molecule has 1 amide bonds. The van der Waals surface area contributed by atoms with Crippen molar-refractivity contribution in [2.24, 2.45) is 5.41 Å². The van der Waals surface area contributed by atoms with Gasteiger partial charge in [0.25, 0.3) is 15.9 Å². The molecule has 3 fully saturated rings. The van der Waals surface area contributed by atoms with Gasteiger partial charge in [-0.25, -0.2) is 13.1 Å². The molecule has 4 aliphatic heterocycles. The Kier molecular flexibility index (Phi) is 15.0. The van der Waals surface area contributed by atoms with Gasteiger partial charge in [0, 0.05) is 81.4 Å². The van der Waals surface area contributed by atoms with Gasteiger partial charge in [-0.2, -0.15) is 4.98 Å². The minimum Gasteiger partial charge on any atom is -0.484 e. The normalized spacial score (nSPS) is 23.0. The minimum absolute atomic E-state index is 0.00135. The molecule has 3 aromatic carbocycles. The summed E-state index contributed by atoms with van der Waals surface area (Å²) in [5.74, 6) is -0.679.